The van der Waals surface area contributed by atoms with E-state index < -0.39 is 12.1 Å². The van der Waals surface area contributed by atoms with Crippen molar-refractivity contribution in [3.05, 3.63) is 71.5 Å². The Morgan fingerprint density at radius 1 is 1.14 bits per heavy atom. The molecule has 0 saturated carbocycles. The third-order valence-corrected chi connectivity index (χ3v) is 3.59. The molecule has 4 nitrogen and oxygen atoms in total. The number of carbonyl (C=O) groups excluding carboxylic acids is 2. The Morgan fingerprint density at radius 3 is 2.50 bits per heavy atom. The van der Waals surface area contributed by atoms with Gasteiger partial charge in [-0.3, -0.25) is 4.79 Å². The monoisotopic (exact) mass is 299 g/mol. The summed E-state index contributed by atoms with van der Waals surface area (Å²) in [5, 5.41) is 0. The van der Waals surface area contributed by atoms with Crippen LogP contribution in [0.5, 0.6) is 0 Å². The number of hydrogen-bond donors (Lipinski definition) is 0. The minimum atomic E-state index is -0.638. The van der Waals surface area contributed by atoms with Gasteiger partial charge in [0.1, 0.15) is 18.5 Å². The van der Waals surface area contributed by atoms with Gasteiger partial charge in [0.05, 0.1) is 6.42 Å². The van der Waals surface area contributed by atoms with Crippen molar-refractivity contribution >= 4 is 12.0 Å². The van der Waals surface area contributed by atoms with E-state index in [0.717, 1.165) is 10.5 Å². The number of benzene rings is 2. The summed E-state index contributed by atoms with van der Waals surface area (Å²) in [5.74, 6) is -0.720. The van der Waals surface area contributed by atoms with Crippen molar-refractivity contribution < 1.29 is 18.7 Å². The minimum absolute atomic E-state index is 0.0265. The average molecular weight is 299 g/mol. The van der Waals surface area contributed by atoms with Gasteiger partial charge in [0.25, 0.3) is 0 Å². The third-order valence-electron chi connectivity index (χ3n) is 3.59. The van der Waals surface area contributed by atoms with E-state index in [-0.39, 0.29) is 24.8 Å². The first-order chi connectivity index (χ1) is 10.6. The quantitative estimate of drug-likeness (QED) is 0.875. The number of halogens is 1. The summed E-state index contributed by atoms with van der Waals surface area (Å²) >= 11 is 0. The summed E-state index contributed by atoms with van der Waals surface area (Å²) in [6.07, 6.45) is -0.611. The fourth-order valence-electron chi connectivity index (χ4n) is 2.48. The molecule has 0 N–H and O–H groups in total. The molecular formula is C17H14FNO3. The van der Waals surface area contributed by atoms with Crippen molar-refractivity contribution in [3.63, 3.8) is 0 Å². The van der Waals surface area contributed by atoms with Crippen molar-refractivity contribution in [2.45, 2.75) is 12.5 Å². The molecule has 0 bridgehead atoms. The predicted octanol–water partition coefficient (Wildman–Crippen LogP) is 3.09. The lowest BCUT2D eigenvalue weighted by atomic mass is 10.1. The van der Waals surface area contributed by atoms with Gasteiger partial charge in [0.2, 0.25) is 5.91 Å². The molecule has 1 saturated heterocycles. The molecule has 2 aromatic carbocycles. The SMILES string of the molecule is O=C(Cc1ccc(F)cc1)N1C(=O)OCC1c1ccccc1. The van der Waals surface area contributed by atoms with E-state index in [2.05, 4.69) is 0 Å². The summed E-state index contributed by atoms with van der Waals surface area (Å²) in [6, 6.07) is 14.5. The topological polar surface area (TPSA) is 46.6 Å². The molecule has 5 heteroatoms. The van der Waals surface area contributed by atoms with Gasteiger partial charge in [-0.1, -0.05) is 42.5 Å². The number of cyclic esters (lactones) is 1. The Hall–Kier alpha value is -2.69. The normalized spacial score (nSPS) is 17.4. The van der Waals surface area contributed by atoms with Gasteiger partial charge in [-0.15, -0.1) is 0 Å². The predicted molar refractivity (Wildman–Crippen MR) is 77.5 cm³/mol. The highest BCUT2D eigenvalue weighted by Crippen LogP contribution is 2.28. The van der Waals surface area contributed by atoms with Gasteiger partial charge in [-0.2, -0.15) is 0 Å². The van der Waals surface area contributed by atoms with Crippen LogP contribution in [0.1, 0.15) is 17.2 Å². The molecule has 0 aliphatic carbocycles. The van der Waals surface area contributed by atoms with Gasteiger partial charge < -0.3 is 4.74 Å². The van der Waals surface area contributed by atoms with Crippen LogP contribution in [-0.4, -0.2) is 23.5 Å². The van der Waals surface area contributed by atoms with Gasteiger partial charge in [-0.05, 0) is 23.3 Å². The van der Waals surface area contributed by atoms with E-state index in [9.17, 15) is 14.0 Å². The molecule has 1 aliphatic rings. The molecule has 1 heterocycles. The standard InChI is InChI=1S/C17H14FNO3/c18-14-8-6-12(7-9-14)10-16(20)19-15(11-22-17(19)21)13-4-2-1-3-5-13/h1-9,15H,10-11H2. The lowest BCUT2D eigenvalue weighted by Crippen LogP contribution is -2.35. The van der Waals surface area contributed by atoms with Gasteiger partial charge in [-0.25, -0.2) is 14.1 Å². The largest absolute Gasteiger partial charge is 0.446 e. The molecule has 1 atom stereocenters. The Kier molecular flexibility index (Phi) is 3.87. The van der Waals surface area contributed by atoms with Crippen LogP contribution in [0, 0.1) is 5.82 Å². The molecule has 3 rings (SSSR count). The van der Waals surface area contributed by atoms with Gasteiger partial charge >= 0.3 is 6.09 Å². The van der Waals surface area contributed by atoms with E-state index in [1.807, 2.05) is 30.3 Å². The third kappa shape index (κ3) is 2.83. The molecule has 112 valence electrons. The number of hydrogen-bond acceptors (Lipinski definition) is 3. The Bertz CT molecular complexity index is 685. The molecule has 2 aromatic rings. The van der Waals surface area contributed by atoms with Crippen molar-refractivity contribution in [1.82, 2.24) is 4.90 Å². The van der Waals surface area contributed by atoms with Crippen molar-refractivity contribution in [1.29, 1.82) is 0 Å². The second-order valence-electron chi connectivity index (χ2n) is 5.07. The van der Waals surface area contributed by atoms with E-state index >= 15 is 0 Å². The molecule has 1 aliphatic heterocycles. The maximum absolute atomic E-state index is 12.9. The second kappa shape index (κ2) is 5.97. The molecular weight excluding hydrogens is 285 g/mol. The second-order valence-corrected chi connectivity index (χ2v) is 5.07. The summed E-state index contributed by atoms with van der Waals surface area (Å²) in [5.41, 5.74) is 1.50. The Morgan fingerprint density at radius 2 is 1.82 bits per heavy atom. The van der Waals surface area contributed by atoms with Crippen LogP contribution < -0.4 is 0 Å². The van der Waals surface area contributed by atoms with Crippen LogP contribution in [0.15, 0.2) is 54.6 Å². The lowest BCUT2D eigenvalue weighted by molar-refractivity contribution is -0.128. The van der Waals surface area contributed by atoms with Crippen molar-refractivity contribution in [2.24, 2.45) is 0 Å². The summed E-state index contributed by atoms with van der Waals surface area (Å²) in [7, 11) is 0. The Balaban J connectivity index is 1.80. The average Bonchev–Trinajstić information content (AvgIpc) is 2.92. The van der Waals surface area contributed by atoms with E-state index in [1.165, 1.54) is 24.3 Å². The highest BCUT2D eigenvalue weighted by atomic mass is 19.1. The van der Waals surface area contributed by atoms with Crippen LogP contribution in [-0.2, 0) is 16.0 Å². The molecule has 1 unspecified atom stereocenters. The maximum atomic E-state index is 12.9. The van der Waals surface area contributed by atoms with Gasteiger partial charge in [0.15, 0.2) is 0 Å². The molecule has 0 radical (unpaired) electrons. The smallest absolute Gasteiger partial charge is 0.417 e. The zero-order chi connectivity index (χ0) is 15.5. The number of rotatable bonds is 3. The number of nitrogens with zero attached hydrogens (tertiary/aromatic N) is 1. The molecule has 0 aromatic heterocycles. The first-order valence-electron chi connectivity index (χ1n) is 6.93. The minimum Gasteiger partial charge on any atom is -0.446 e. The molecule has 0 spiro atoms. The van der Waals surface area contributed by atoms with Crippen molar-refractivity contribution in [3.8, 4) is 0 Å². The van der Waals surface area contributed by atoms with Crippen LogP contribution in [0.2, 0.25) is 0 Å². The number of ether oxygens (including phenoxy) is 1. The zero-order valence-electron chi connectivity index (χ0n) is 11.7. The van der Waals surface area contributed by atoms with Crippen LogP contribution in [0.3, 0.4) is 0 Å². The molecule has 22 heavy (non-hydrogen) atoms. The number of carbonyl (C=O) groups is 2. The lowest BCUT2D eigenvalue weighted by Gasteiger charge is -2.19. The fraction of sp³-hybridized carbons (Fsp3) is 0.176. The highest BCUT2D eigenvalue weighted by Gasteiger charge is 2.38. The summed E-state index contributed by atoms with van der Waals surface area (Å²) in [6.45, 7) is 0.151. The van der Waals surface area contributed by atoms with E-state index in [4.69, 9.17) is 4.74 Å². The summed E-state index contributed by atoms with van der Waals surface area (Å²) < 4.78 is 17.9. The number of amides is 2. The zero-order valence-corrected chi connectivity index (χ0v) is 11.7. The molecule has 2 amide bonds. The van der Waals surface area contributed by atoms with E-state index in [0.29, 0.717) is 5.56 Å². The summed E-state index contributed by atoms with van der Waals surface area (Å²) in [4.78, 5) is 25.4. The maximum Gasteiger partial charge on any atom is 0.417 e. The van der Waals surface area contributed by atoms with Crippen LogP contribution >= 0.6 is 0 Å². The number of imide groups is 1. The van der Waals surface area contributed by atoms with Gasteiger partial charge in [0, 0.05) is 0 Å². The first kappa shape index (κ1) is 14.3. The Labute approximate surface area is 127 Å². The van der Waals surface area contributed by atoms with Crippen LogP contribution in [0.25, 0.3) is 0 Å². The molecule has 1 fully saturated rings. The van der Waals surface area contributed by atoms with Crippen molar-refractivity contribution in [2.75, 3.05) is 6.61 Å². The van der Waals surface area contributed by atoms with E-state index in [1.54, 1.807) is 0 Å². The fourth-order valence-corrected chi connectivity index (χ4v) is 2.48. The highest BCUT2D eigenvalue weighted by molar-refractivity contribution is 5.94. The van der Waals surface area contributed by atoms with Crippen LogP contribution in [0.4, 0.5) is 9.18 Å². The first-order valence-corrected chi connectivity index (χ1v) is 6.93.